The van der Waals surface area contributed by atoms with Gasteiger partial charge in [0, 0.05) is 38.2 Å². The van der Waals surface area contributed by atoms with Crippen LogP contribution in [-0.4, -0.2) is 15.0 Å². The van der Waals surface area contributed by atoms with Crippen molar-refractivity contribution in [1.82, 2.24) is 15.0 Å². The zero-order valence-electron chi connectivity index (χ0n) is 31.4. The summed E-state index contributed by atoms with van der Waals surface area (Å²) in [5.74, 6) is 1.31. The summed E-state index contributed by atoms with van der Waals surface area (Å²) in [5, 5.41) is 4.01. The Labute approximate surface area is 294 Å². The van der Waals surface area contributed by atoms with E-state index in [9.17, 15) is 0 Å². The van der Waals surface area contributed by atoms with Crippen molar-refractivity contribution in [3.05, 3.63) is 164 Å². The van der Waals surface area contributed by atoms with Gasteiger partial charge < -0.3 is 8.83 Å². The summed E-state index contributed by atoms with van der Waals surface area (Å²) < 4.78 is 54.1. The van der Waals surface area contributed by atoms with Crippen LogP contribution in [0.1, 0.15) is 6.85 Å². The molecule has 0 spiro atoms. The Morgan fingerprint density at radius 2 is 0.940 bits per heavy atom. The van der Waals surface area contributed by atoms with E-state index in [1.54, 1.807) is 24.3 Å². The van der Waals surface area contributed by atoms with E-state index in [0.717, 1.165) is 49.4 Å². The van der Waals surface area contributed by atoms with Gasteiger partial charge in [-0.15, -0.1) is 0 Å². The average molecular weight is 647 g/mol. The summed E-state index contributed by atoms with van der Waals surface area (Å²) in [4.78, 5) is 14.8. The summed E-state index contributed by atoms with van der Waals surface area (Å²) in [6, 6.07) is 41.4. The van der Waals surface area contributed by atoms with Gasteiger partial charge in [-0.2, -0.15) is 0 Å². The molecule has 234 valence electrons. The summed E-state index contributed by atoms with van der Waals surface area (Å²) >= 11 is 0. The Morgan fingerprint density at radius 1 is 0.380 bits per heavy atom. The molecular weight excluding hydrogens is 615 g/mol. The average Bonchev–Trinajstić information content (AvgIpc) is 3.81. The predicted molar refractivity (Wildman–Crippen MR) is 202 cm³/mol. The van der Waals surface area contributed by atoms with Crippen LogP contribution < -0.4 is 0 Å². The highest BCUT2D eigenvalue weighted by Gasteiger charge is 2.19. The van der Waals surface area contributed by atoms with E-state index in [-0.39, 0.29) is 29.7 Å². The third-order valence-corrected chi connectivity index (χ3v) is 9.05. The van der Waals surface area contributed by atoms with Crippen LogP contribution in [0.5, 0.6) is 0 Å². The van der Waals surface area contributed by atoms with Gasteiger partial charge in [0.1, 0.15) is 22.3 Å². The number of para-hydroxylation sites is 3. The summed E-state index contributed by atoms with van der Waals surface area (Å²) in [7, 11) is 0. The predicted octanol–water partition coefficient (Wildman–Crippen LogP) is 12.0. The van der Waals surface area contributed by atoms with Gasteiger partial charge in [-0.3, -0.25) is 0 Å². The molecule has 0 fully saturated rings. The number of nitrogens with zero attached hydrogens (tertiary/aromatic N) is 3. The Kier molecular flexibility index (Phi) is 5.35. The SMILES string of the molecule is [2H]c1c([2H])c([2H])c(-c2ccc(-c3nc(-c4ccccc4)nc(-c4cccc5c4oc4cc(-c6cccc7c6oc6ccccc67)ccc45)n3)cc2)c([2H])c1[2H]. The number of aromatic nitrogens is 3. The fraction of sp³-hybridized carbons (Fsp3) is 0. The van der Waals surface area contributed by atoms with Crippen molar-refractivity contribution in [2.24, 2.45) is 0 Å². The second-order valence-corrected chi connectivity index (χ2v) is 12.0. The largest absolute Gasteiger partial charge is 0.455 e. The van der Waals surface area contributed by atoms with Crippen molar-refractivity contribution in [2.75, 3.05) is 0 Å². The summed E-state index contributed by atoms with van der Waals surface area (Å²) in [6.07, 6.45) is 0. The molecule has 0 radical (unpaired) electrons. The van der Waals surface area contributed by atoms with E-state index in [2.05, 4.69) is 30.3 Å². The number of benzene rings is 7. The zero-order valence-corrected chi connectivity index (χ0v) is 26.4. The Bertz CT molecular complexity index is 3130. The van der Waals surface area contributed by atoms with Gasteiger partial charge in [0.05, 0.1) is 12.4 Å². The Hall–Kier alpha value is -6.85. The van der Waals surface area contributed by atoms with E-state index in [1.165, 1.54) is 0 Å². The first-order valence-corrected chi connectivity index (χ1v) is 16.2. The molecule has 0 atom stereocenters. The van der Waals surface area contributed by atoms with Crippen molar-refractivity contribution in [3.8, 4) is 56.4 Å². The Balaban J connectivity index is 1.10. The lowest BCUT2D eigenvalue weighted by atomic mass is 10.0. The highest BCUT2D eigenvalue weighted by Crippen LogP contribution is 2.40. The van der Waals surface area contributed by atoms with Crippen molar-refractivity contribution >= 4 is 43.9 Å². The molecule has 3 aromatic heterocycles. The maximum absolute atomic E-state index is 8.43. The molecule has 0 saturated carbocycles. The van der Waals surface area contributed by atoms with E-state index in [1.807, 2.05) is 78.9 Å². The smallest absolute Gasteiger partial charge is 0.167 e. The molecule has 0 aliphatic carbocycles. The van der Waals surface area contributed by atoms with Gasteiger partial charge in [0.25, 0.3) is 0 Å². The molecule has 0 amide bonds. The van der Waals surface area contributed by atoms with Crippen molar-refractivity contribution < 1.29 is 15.7 Å². The van der Waals surface area contributed by atoms with E-state index < -0.39 is 6.04 Å². The first-order chi connectivity index (χ1) is 26.8. The summed E-state index contributed by atoms with van der Waals surface area (Å²) in [6.45, 7) is 0. The molecule has 3 heterocycles. The van der Waals surface area contributed by atoms with Gasteiger partial charge in [0.2, 0.25) is 0 Å². The maximum Gasteiger partial charge on any atom is 0.167 e. The molecule has 0 N–H and O–H groups in total. The fourth-order valence-electron chi connectivity index (χ4n) is 6.64. The van der Waals surface area contributed by atoms with E-state index in [0.29, 0.717) is 45.3 Å². The van der Waals surface area contributed by atoms with E-state index in [4.69, 9.17) is 30.6 Å². The number of furan rings is 2. The molecule has 5 nitrogen and oxygen atoms in total. The molecular formula is C45H27N3O2. The second-order valence-electron chi connectivity index (χ2n) is 12.0. The van der Waals surface area contributed by atoms with Crippen molar-refractivity contribution in [1.29, 1.82) is 0 Å². The summed E-state index contributed by atoms with van der Waals surface area (Å²) in [5.41, 5.74) is 7.77. The van der Waals surface area contributed by atoms with Crippen LogP contribution in [-0.2, 0) is 0 Å². The number of hydrogen-bond acceptors (Lipinski definition) is 5. The first-order valence-electron chi connectivity index (χ1n) is 18.7. The molecule has 0 aliphatic heterocycles. The molecule has 0 unspecified atom stereocenters. The lowest BCUT2D eigenvalue weighted by Crippen LogP contribution is -2.00. The maximum atomic E-state index is 8.43. The third kappa shape index (κ3) is 4.67. The highest BCUT2D eigenvalue weighted by molar-refractivity contribution is 6.12. The number of rotatable bonds is 5. The second kappa shape index (κ2) is 11.4. The van der Waals surface area contributed by atoms with Crippen LogP contribution in [0.3, 0.4) is 0 Å². The Morgan fingerprint density at radius 3 is 1.72 bits per heavy atom. The molecule has 50 heavy (non-hydrogen) atoms. The fourth-order valence-corrected chi connectivity index (χ4v) is 6.64. The van der Waals surface area contributed by atoms with Gasteiger partial charge >= 0.3 is 0 Å². The quantitative estimate of drug-likeness (QED) is 0.186. The molecule has 5 heteroatoms. The van der Waals surface area contributed by atoms with Crippen LogP contribution in [0.15, 0.2) is 173 Å². The van der Waals surface area contributed by atoms with Crippen LogP contribution in [0.25, 0.3) is 100 Å². The normalized spacial score (nSPS) is 13.0. The van der Waals surface area contributed by atoms with Crippen LogP contribution in [0.4, 0.5) is 0 Å². The molecule has 10 rings (SSSR count). The van der Waals surface area contributed by atoms with Gasteiger partial charge in [-0.1, -0.05) is 139 Å². The number of hydrogen-bond donors (Lipinski definition) is 0. The molecule has 7 aromatic carbocycles. The lowest BCUT2D eigenvalue weighted by Gasteiger charge is -2.09. The van der Waals surface area contributed by atoms with E-state index >= 15 is 0 Å². The minimum Gasteiger partial charge on any atom is -0.455 e. The monoisotopic (exact) mass is 646 g/mol. The van der Waals surface area contributed by atoms with Crippen LogP contribution in [0, 0.1) is 0 Å². The van der Waals surface area contributed by atoms with Gasteiger partial charge in [-0.05, 0) is 41.0 Å². The lowest BCUT2D eigenvalue weighted by molar-refractivity contribution is 0.668. The minimum atomic E-state index is -0.429. The first kappa shape index (κ1) is 23.5. The van der Waals surface area contributed by atoms with Crippen molar-refractivity contribution in [3.63, 3.8) is 0 Å². The highest BCUT2D eigenvalue weighted by atomic mass is 16.3. The van der Waals surface area contributed by atoms with Gasteiger partial charge in [-0.25, -0.2) is 15.0 Å². The minimum absolute atomic E-state index is 0.132. The van der Waals surface area contributed by atoms with Crippen LogP contribution in [0.2, 0.25) is 0 Å². The molecule has 10 aromatic rings. The molecule has 0 bridgehead atoms. The van der Waals surface area contributed by atoms with Crippen molar-refractivity contribution in [2.45, 2.75) is 0 Å². The van der Waals surface area contributed by atoms with Gasteiger partial charge in [0.15, 0.2) is 17.5 Å². The topological polar surface area (TPSA) is 65.0 Å². The zero-order chi connectivity index (χ0) is 37.4. The standard InChI is InChI=1S/C45H27N3O2/c1-3-11-28(12-4-1)29-21-23-31(24-22-29)44-46-43(30-13-5-2-6-14-30)47-45(48-44)38-19-10-18-37-35-26-25-32(27-40(35)50-42(37)38)33-16-9-17-36-34-15-7-8-20-39(34)49-41(33)36/h1-27H/i1D,3D,4D,11D,12D. The van der Waals surface area contributed by atoms with Crippen LogP contribution >= 0.6 is 0 Å². The number of fused-ring (bicyclic) bond motifs is 6. The molecule has 0 saturated heterocycles. The molecule has 0 aliphatic rings. The third-order valence-electron chi connectivity index (χ3n) is 9.05.